The van der Waals surface area contributed by atoms with E-state index in [0.29, 0.717) is 0 Å². The predicted octanol–water partition coefficient (Wildman–Crippen LogP) is 3.89. The fraction of sp³-hybridized carbons (Fsp3) is 0.750. The first-order valence-electron chi connectivity index (χ1n) is 8.17. The Bertz CT molecular complexity index is 561. The first-order valence-corrected chi connectivity index (χ1v) is 8.17. The molecule has 1 heterocycles. The maximum Gasteiger partial charge on any atom is 0.412 e. The van der Waals surface area contributed by atoms with Crippen molar-refractivity contribution in [3.63, 3.8) is 0 Å². The van der Waals surface area contributed by atoms with Crippen LogP contribution in [-0.4, -0.2) is 33.2 Å². The molecule has 0 aliphatic heterocycles. The van der Waals surface area contributed by atoms with Gasteiger partial charge in [0.1, 0.15) is 5.60 Å². The van der Waals surface area contributed by atoms with Crippen LogP contribution in [0.3, 0.4) is 0 Å². The molecule has 1 aromatic heterocycles. The highest BCUT2D eigenvalue weighted by atomic mass is 19.3. The van der Waals surface area contributed by atoms with E-state index in [9.17, 15) is 18.7 Å². The molecule has 0 aromatic carbocycles. The molecule has 1 saturated carbocycles. The molecule has 8 heteroatoms. The molecule has 1 fully saturated rings. The number of ether oxygens (including phenoxy) is 1. The smallest absolute Gasteiger partial charge is 0.412 e. The molecule has 0 unspecified atom stereocenters. The van der Waals surface area contributed by atoms with Gasteiger partial charge in [-0.05, 0) is 52.4 Å². The standard InChI is InChI=1S/C16H25F2N3O3/c1-16(2,3)24-15(23)19-12-8-21(20-13(12)14(17)18)11-6-4-10(9-22)5-7-11/h8,10-11,14,22H,4-7,9H2,1-3H3,(H,19,23). The number of nitrogens with zero attached hydrogens (tertiary/aromatic N) is 2. The van der Waals surface area contributed by atoms with Crippen molar-refractivity contribution in [3.8, 4) is 0 Å². The lowest BCUT2D eigenvalue weighted by molar-refractivity contribution is 0.0635. The van der Waals surface area contributed by atoms with E-state index < -0.39 is 23.8 Å². The van der Waals surface area contributed by atoms with Crippen molar-refractivity contribution in [1.29, 1.82) is 0 Å². The SMILES string of the molecule is CC(C)(C)OC(=O)Nc1cn(C2CCC(CO)CC2)nc1C(F)F. The molecule has 24 heavy (non-hydrogen) atoms. The number of hydrogen-bond acceptors (Lipinski definition) is 4. The van der Waals surface area contributed by atoms with Crippen LogP contribution >= 0.6 is 0 Å². The van der Waals surface area contributed by atoms with Gasteiger partial charge in [0.15, 0.2) is 5.69 Å². The summed E-state index contributed by atoms with van der Waals surface area (Å²) >= 11 is 0. The van der Waals surface area contributed by atoms with Crippen LogP contribution in [0.25, 0.3) is 0 Å². The van der Waals surface area contributed by atoms with Crippen molar-refractivity contribution >= 4 is 11.8 Å². The first kappa shape index (κ1) is 18.6. The van der Waals surface area contributed by atoms with Crippen LogP contribution in [0, 0.1) is 5.92 Å². The van der Waals surface area contributed by atoms with E-state index in [-0.39, 0.29) is 24.3 Å². The van der Waals surface area contributed by atoms with Gasteiger partial charge in [-0.2, -0.15) is 5.10 Å². The summed E-state index contributed by atoms with van der Waals surface area (Å²) in [5.41, 5.74) is -1.19. The van der Waals surface area contributed by atoms with Crippen LogP contribution < -0.4 is 5.32 Å². The summed E-state index contributed by atoms with van der Waals surface area (Å²) in [6.45, 7) is 5.25. The summed E-state index contributed by atoms with van der Waals surface area (Å²) in [5, 5.41) is 15.5. The molecule has 0 spiro atoms. The van der Waals surface area contributed by atoms with Gasteiger partial charge in [0.2, 0.25) is 0 Å². The van der Waals surface area contributed by atoms with Gasteiger partial charge in [0.05, 0.1) is 11.7 Å². The van der Waals surface area contributed by atoms with Gasteiger partial charge in [-0.1, -0.05) is 0 Å². The third kappa shape index (κ3) is 4.90. The maximum atomic E-state index is 13.2. The molecular weight excluding hydrogens is 320 g/mol. The van der Waals surface area contributed by atoms with E-state index in [1.807, 2.05) is 0 Å². The zero-order valence-corrected chi connectivity index (χ0v) is 14.3. The van der Waals surface area contributed by atoms with Gasteiger partial charge in [0, 0.05) is 12.8 Å². The number of nitrogens with one attached hydrogen (secondary N) is 1. The molecule has 1 aromatic rings. The number of aromatic nitrogens is 2. The van der Waals surface area contributed by atoms with E-state index in [1.165, 1.54) is 10.9 Å². The summed E-state index contributed by atoms with van der Waals surface area (Å²) in [4.78, 5) is 11.8. The quantitative estimate of drug-likeness (QED) is 0.868. The molecular formula is C16H25F2N3O3. The minimum Gasteiger partial charge on any atom is -0.444 e. The van der Waals surface area contributed by atoms with Crippen molar-refractivity contribution in [2.75, 3.05) is 11.9 Å². The number of aliphatic hydroxyl groups is 1. The summed E-state index contributed by atoms with van der Waals surface area (Å²) in [7, 11) is 0. The fourth-order valence-corrected chi connectivity index (χ4v) is 2.86. The first-order chi connectivity index (χ1) is 11.2. The van der Waals surface area contributed by atoms with E-state index in [0.717, 1.165) is 25.7 Å². The minimum absolute atomic E-state index is 0.000475. The number of aliphatic hydroxyl groups excluding tert-OH is 1. The Balaban J connectivity index is 2.11. The highest BCUT2D eigenvalue weighted by molar-refractivity contribution is 5.85. The summed E-state index contributed by atoms with van der Waals surface area (Å²) in [6.07, 6.45) is 1.07. The number of carbonyl (C=O) groups is 1. The largest absolute Gasteiger partial charge is 0.444 e. The number of rotatable bonds is 4. The molecule has 2 N–H and O–H groups in total. The maximum absolute atomic E-state index is 13.2. The average molecular weight is 345 g/mol. The number of amides is 1. The summed E-state index contributed by atoms with van der Waals surface area (Å²) in [6, 6.07) is -0.000475. The van der Waals surface area contributed by atoms with Crippen LogP contribution in [0.15, 0.2) is 6.20 Å². The normalized spacial score (nSPS) is 21.8. The van der Waals surface area contributed by atoms with Crippen molar-refractivity contribution < 1.29 is 23.4 Å². The lowest BCUT2D eigenvalue weighted by atomic mass is 9.87. The van der Waals surface area contributed by atoms with Gasteiger partial charge >= 0.3 is 6.09 Å². The van der Waals surface area contributed by atoms with Crippen LogP contribution in [0.1, 0.15) is 64.6 Å². The van der Waals surface area contributed by atoms with Crippen LogP contribution in [-0.2, 0) is 4.74 Å². The van der Waals surface area contributed by atoms with Crippen LogP contribution in [0.5, 0.6) is 0 Å². The lowest BCUT2D eigenvalue weighted by Gasteiger charge is -2.27. The van der Waals surface area contributed by atoms with Gasteiger partial charge in [0.25, 0.3) is 6.43 Å². The van der Waals surface area contributed by atoms with Crippen molar-refractivity contribution in [3.05, 3.63) is 11.9 Å². The fourth-order valence-electron chi connectivity index (χ4n) is 2.86. The van der Waals surface area contributed by atoms with Crippen molar-refractivity contribution in [2.45, 2.75) is 64.5 Å². The zero-order chi connectivity index (χ0) is 17.9. The minimum atomic E-state index is -2.79. The van der Waals surface area contributed by atoms with Gasteiger partial charge in [-0.25, -0.2) is 13.6 Å². The zero-order valence-electron chi connectivity index (χ0n) is 14.3. The van der Waals surface area contributed by atoms with E-state index >= 15 is 0 Å². The van der Waals surface area contributed by atoms with Crippen molar-refractivity contribution in [1.82, 2.24) is 9.78 Å². The molecule has 0 atom stereocenters. The van der Waals surface area contributed by atoms with Crippen LogP contribution in [0.4, 0.5) is 19.3 Å². The topological polar surface area (TPSA) is 76.4 Å². The van der Waals surface area contributed by atoms with E-state index in [1.54, 1.807) is 20.8 Å². The molecule has 6 nitrogen and oxygen atoms in total. The Kier molecular flexibility index (Phi) is 5.79. The molecule has 1 aliphatic rings. The number of halogens is 2. The third-order valence-corrected chi connectivity index (χ3v) is 4.05. The highest BCUT2D eigenvalue weighted by Gasteiger charge is 2.27. The van der Waals surface area contributed by atoms with Gasteiger partial charge in [-0.15, -0.1) is 0 Å². The molecule has 0 bridgehead atoms. The summed E-state index contributed by atoms with van der Waals surface area (Å²) in [5.74, 6) is 0.269. The molecule has 136 valence electrons. The Morgan fingerprint density at radius 3 is 2.54 bits per heavy atom. The molecule has 1 aliphatic carbocycles. The Morgan fingerprint density at radius 1 is 1.42 bits per heavy atom. The molecule has 1 amide bonds. The number of hydrogen-bond donors (Lipinski definition) is 2. The Hall–Kier alpha value is -1.70. The Morgan fingerprint density at radius 2 is 2.04 bits per heavy atom. The van der Waals surface area contributed by atoms with Gasteiger partial charge in [-0.3, -0.25) is 10.00 Å². The van der Waals surface area contributed by atoms with E-state index in [2.05, 4.69) is 10.4 Å². The number of alkyl halides is 2. The molecule has 0 saturated heterocycles. The summed E-state index contributed by atoms with van der Waals surface area (Å²) < 4.78 is 33.0. The number of anilines is 1. The lowest BCUT2D eigenvalue weighted by Crippen LogP contribution is -2.27. The second-order valence-corrected chi connectivity index (χ2v) is 7.19. The third-order valence-electron chi connectivity index (χ3n) is 4.05. The van der Waals surface area contributed by atoms with Gasteiger partial charge < -0.3 is 9.84 Å². The second-order valence-electron chi connectivity index (χ2n) is 7.19. The Labute approximate surface area is 140 Å². The highest BCUT2D eigenvalue weighted by Crippen LogP contribution is 2.34. The average Bonchev–Trinajstić information content (AvgIpc) is 2.89. The molecule has 0 radical (unpaired) electrons. The predicted molar refractivity (Wildman–Crippen MR) is 85.1 cm³/mol. The van der Waals surface area contributed by atoms with E-state index in [4.69, 9.17) is 4.74 Å². The number of carbonyl (C=O) groups excluding carboxylic acids is 1. The second kappa shape index (κ2) is 7.46. The molecule has 2 rings (SSSR count). The van der Waals surface area contributed by atoms with Crippen molar-refractivity contribution in [2.24, 2.45) is 5.92 Å². The van der Waals surface area contributed by atoms with Crippen LogP contribution in [0.2, 0.25) is 0 Å². The monoisotopic (exact) mass is 345 g/mol.